The van der Waals surface area contributed by atoms with Gasteiger partial charge in [-0.15, -0.1) is 11.3 Å². The van der Waals surface area contributed by atoms with Gasteiger partial charge in [0.1, 0.15) is 21.3 Å². The quantitative estimate of drug-likeness (QED) is 0.642. The predicted octanol–water partition coefficient (Wildman–Crippen LogP) is 4.09. The third kappa shape index (κ3) is 3.71. The van der Waals surface area contributed by atoms with E-state index < -0.39 is 5.97 Å². The molecule has 3 aromatic rings. The number of nitrogens with zero attached hydrogens (tertiary/aromatic N) is 1. The Bertz CT molecular complexity index is 1070. The smallest absolute Gasteiger partial charge is 0.348 e. The van der Waals surface area contributed by atoms with Crippen LogP contribution in [-0.4, -0.2) is 22.5 Å². The van der Waals surface area contributed by atoms with E-state index in [2.05, 4.69) is 15.3 Å². The Balaban J connectivity index is 1.96. The molecule has 0 bridgehead atoms. The molecule has 0 amide bonds. The summed E-state index contributed by atoms with van der Waals surface area (Å²) < 4.78 is 18.8. The summed E-state index contributed by atoms with van der Waals surface area (Å²) in [6.45, 7) is 7.20. The number of aromatic amines is 1. The van der Waals surface area contributed by atoms with Gasteiger partial charge in [-0.25, -0.2) is 14.2 Å². The van der Waals surface area contributed by atoms with Crippen LogP contribution in [0, 0.1) is 19.7 Å². The molecule has 0 saturated heterocycles. The van der Waals surface area contributed by atoms with Crippen LogP contribution in [0.3, 0.4) is 0 Å². The van der Waals surface area contributed by atoms with Crippen LogP contribution in [-0.2, 0) is 4.74 Å². The molecule has 8 heteroatoms. The van der Waals surface area contributed by atoms with Gasteiger partial charge in [0.25, 0.3) is 5.56 Å². The Morgan fingerprint density at radius 2 is 2.15 bits per heavy atom. The van der Waals surface area contributed by atoms with Crippen molar-refractivity contribution in [2.24, 2.45) is 0 Å². The van der Waals surface area contributed by atoms with Crippen molar-refractivity contribution in [3.05, 3.63) is 56.2 Å². The Kier molecular flexibility index (Phi) is 5.27. The molecule has 0 fully saturated rings. The molecular weight excluding hydrogens is 369 g/mol. The third-order valence-electron chi connectivity index (χ3n) is 4.24. The van der Waals surface area contributed by atoms with Crippen molar-refractivity contribution < 1.29 is 13.9 Å². The van der Waals surface area contributed by atoms with Crippen LogP contribution in [0.25, 0.3) is 10.2 Å². The number of H-pyrrole nitrogens is 1. The van der Waals surface area contributed by atoms with Gasteiger partial charge in [0.2, 0.25) is 0 Å². The maximum absolute atomic E-state index is 13.7. The second kappa shape index (κ2) is 7.48. The summed E-state index contributed by atoms with van der Waals surface area (Å²) in [5.41, 5.74) is 1.39. The van der Waals surface area contributed by atoms with Crippen molar-refractivity contribution in [2.45, 2.75) is 33.7 Å². The number of thiophene rings is 1. The molecule has 0 radical (unpaired) electrons. The molecule has 0 aliphatic rings. The van der Waals surface area contributed by atoms with Crippen molar-refractivity contribution in [3.63, 3.8) is 0 Å². The fraction of sp³-hybridized carbons (Fsp3) is 0.316. The number of rotatable bonds is 5. The minimum Gasteiger partial charge on any atom is -0.462 e. The number of fused-ring (bicyclic) bond motifs is 1. The van der Waals surface area contributed by atoms with Gasteiger partial charge in [0.15, 0.2) is 0 Å². The number of halogens is 1. The van der Waals surface area contributed by atoms with Crippen molar-refractivity contribution in [1.82, 2.24) is 9.97 Å². The zero-order valence-electron chi connectivity index (χ0n) is 15.5. The lowest BCUT2D eigenvalue weighted by Gasteiger charge is -2.15. The first kappa shape index (κ1) is 19.0. The molecular formula is C19H20FN3O3S. The molecule has 2 aromatic heterocycles. The number of hydrogen-bond donors (Lipinski definition) is 2. The Hall–Kier alpha value is -2.74. The van der Waals surface area contributed by atoms with Crippen molar-refractivity contribution in [1.29, 1.82) is 0 Å². The highest BCUT2D eigenvalue weighted by atomic mass is 32.1. The number of hydrogen-bond acceptors (Lipinski definition) is 6. The third-order valence-corrected chi connectivity index (χ3v) is 5.41. The minimum atomic E-state index is -0.458. The maximum atomic E-state index is 13.7. The zero-order valence-corrected chi connectivity index (χ0v) is 16.3. The van der Waals surface area contributed by atoms with Crippen LogP contribution in [0.15, 0.2) is 23.0 Å². The van der Waals surface area contributed by atoms with Gasteiger partial charge in [-0.2, -0.15) is 0 Å². The normalized spacial score (nSPS) is 12.2. The fourth-order valence-corrected chi connectivity index (χ4v) is 3.84. The van der Waals surface area contributed by atoms with Crippen molar-refractivity contribution >= 4 is 33.2 Å². The highest BCUT2D eigenvalue weighted by Crippen LogP contribution is 2.28. The van der Waals surface area contributed by atoms with Crippen molar-refractivity contribution in [3.8, 4) is 0 Å². The summed E-state index contributed by atoms with van der Waals surface area (Å²) in [6, 6.07) is 4.48. The molecule has 2 heterocycles. The average Bonchev–Trinajstić information content (AvgIpc) is 2.95. The first-order chi connectivity index (χ1) is 12.8. The molecule has 0 saturated carbocycles. The number of anilines is 1. The molecule has 0 aliphatic heterocycles. The van der Waals surface area contributed by atoms with Crippen molar-refractivity contribution in [2.75, 3.05) is 11.9 Å². The molecule has 6 nitrogen and oxygen atoms in total. The Morgan fingerprint density at radius 1 is 1.41 bits per heavy atom. The largest absolute Gasteiger partial charge is 0.462 e. The van der Waals surface area contributed by atoms with Crippen LogP contribution in [0.2, 0.25) is 0 Å². The summed E-state index contributed by atoms with van der Waals surface area (Å²) in [5, 5.41) is 3.51. The summed E-state index contributed by atoms with van der Waals surface area (Å²) in [4.78, 5) is 32.7. The van der Waals surface area contributed by atoms with E-state index in [1.807, 2.05) is 6.92 Å². The Labute approximate surface area is 159 Å². The van der Waals surface area contributed by atoms with E-state index >= 15 is 0 Å². The van der Waals surface area contributed by atoms with Gasteiger partial charge in [-0.3, -0.25) is 4.79 Å². The molecule has 27 heavy (non-hydrogen) atoms. The number of carbonyl (C=O) groups is 1. The van der Waals surface area contributed by atoms with E-state index in [4.69, 9.17) is 4.74 Å². The van der Waals surface area contributed by atoms with Gasteiger partial charge in [0.05, 0.1) is 18.0 Å². The van der Waals surface area contributed by atoms with E-state index in [0.29, 0.717) is 37.7 Å². The van der Waals surface area contributed by atoms with Gasteiger partial charge in [0, 0.05) is 5.69 Å². The number of ether oxygens (including phenoxy) is 1. The number of esters is 1. The molecule has 0 spiro atoms. The fourth-order valence-electron chi connectivity index (χ4n) is 2.76. The molecule has 2 N–H and O–H groups in total. The summed E-state index contributed by atoms with van der Waals surface area (Å²) in [7, 11) is 0. The first-order valence-electron chi connectivity index (χ1n) is 8.55. The maximum Gasteiger partial charge on any atom is 0.348 e. The summed E-state index contributed by atoms with van der Waals surface area (Å²) in [6.07, 6.45) is 0. The van der Waals surface area contributed by atoms with Gasteiger partial charge < -0.3 is 15.0 Å². The highest BCUT2D eigenvalue weighted by molar-refractivity contribution is 7.20. The Morgan fingerprint density at radius 3 is 2.81 bits per heavy atom. The number of nitrogens with one attached hydrogen (secondary N) is 2. The molecule has 1 aromatic carbocycles. The lowest BCUT2D eigenvalue weighted by Crippen LogP contribution is -2.17. The van der Waals surface area contributed by atoms with Gasteiger partial charge in [-0.05, 0) is 51.0 Å². The lowest BCUT2D eigenvalue weighted by molar-refractivity contribution is 0.0531. The first-order valence-corrected chi connectivity index (χ1v) is 9.36. The standard InChI is InChI=1S/C19H20FN3O3S/c1-5-26-19(25)15-10(3)14-17(24)22-16(23-18(14)27-15)11(4)21-12-7-6-9(2)13(20)8-12/h6-8,11,21H,5H2,1-4H3,(H,22,23,24)/t11-/m0/s1. The molecule has 0 aliphatic carbocycles. The van der Waals surface area contributed by atoms with Gasteiger partial charge >= 0.3 is 5.97 Å². The second-order valence-electron chi connectivity index (χ2n) is 6.24. The van der Waals surface area contributed by atoms with Crippen LogP contribution < -0.4 is 10.9 Å². The van der Waals surface area contributed by atoms with E-state index in [9.17, 15) is 14.0 Å². The number of benzene rings is 1. The van der Waals surface area contributed by atoms with Crippen LogP contribution >= 0.6 is 11.3 Å². The van der Waals surface area contributed by atoms with E-state index in [1.54, 1.807) is 32.9 Å². The lowest BCUT2D eigenvalue weighted by atomic mass is 10.2. The van der Waals surface area contributed by atoms with E-state index in [1.165, 1.54) is 6.07 Å². The van der Waals surface area contributed by atoms with Crippen LogP contribution in [0.5, 0.6) is 0 Å². The number of aromatic nitrogens is 2. The number of carbonyl (C=O) groups excluding carboxylic acids is 1. The van der Waals surface area contributed by atoms with E-state index in [0.717, 1.165) is 11.3 Å². The summed E-state index contributed by atoms with van der Waals surface area (Å²) in [5.74, 6) is -0.359. The molecule has 0 unspecified atom stereocenters. The number of aryl methyl sites for hydroxylation is 2. The van der Waals surface area contributed by atoms with E-state index in [-0.39, 0.29) is 24.0 Å². The topological polar surface area (TPSA) is 84.1 Å². The second-order valence-corrected chi connectivity index (χ2v) is 7.24. The monoisotopic (exact) mass is 389 g/mol. The SMILES string of the molecule is CCOC(=O)c1sc2nc([C@H](C)Nc3ccc(C)c(F)c3)[nH]c(=O)c2c1C. The highest BCUT2D eigenvalue weighted by Gasteiger charge is 2.21. The predicted molar refractivity (Wildman–Crippen MR) is 104 cm³/mol. The zero-order chi connectivity index (χ0) is 19.7. The molecule has 1 atom stereocenters. The minimum absolute atomic E-state index is 0.260. The van der Waals surface area contributed by atoms with Crippen LogP contribution in [0.4, 0.5) is 10.1 Å². The van der Waals surface area contributed by atoms with Crippen LogP contribution in [0.1, 0.15) is 46.5 Å². The van der Waals surface area contributed by atoms with Gasteiger partial charge in [-0.1, -0.05) is 6.07 Å². The molecule has 142 valence electrons. The average molecular weight is 389 g/mol. The molecule has 3 rings (SSSR count). The summed E-state index contributed by atoms with van der Waals surface area (Å²) >= 11 is 1.13.